The van der Waals surface area contributed by atoms with Gasteiger partial charge in [-0.1, -0.05) is 30.7 Å². The first-order valence-electron chi connectivity index (χ1n) is 11.7. The first-order chi connectivity index (χ1) is 17.2. The van der Waals surface area contributed by atoms with Crippen LogP contribution in [-0.4, -0.2) is 45.4 Å². The van der Waals surface area contributed by atoms with Gasteiger partial charge in [0.2, 0.25) is 0 Å². The van der Waals surface area contributed by atoms with Crippen molar-refractivity contribution in [3.05, 3.63) is 58.6 Å². The van der Waals surface area contributed by atoms with Gasteiger partial charge in [-0.05, 0) is 61.6 Å². The third kappa shape index (κ3) is 7.35. The zero-order valence-electron chi connectivity index (χ0n) is 20.2. The Morgan fingerprint density at radius 3 is 2.64 bits per heavy atom. The maximum Gasteiger partial charge on any atom is 0.522 e. The van der Waals surface area contributed by atoms with E-state index in [1.54, 1.807) is 6.07 Å². The summed E-state index contributed by atoms with van der Waals surface area (Å²) in [5.74, 6) is 0.412. The Morgan fingerprint density at radius 1 is 1.14 bits per heavy atom. The van der Waals surface area contributed by atoms with Crippen LogP contribution in [0.3, 0.4) is 0 Å². The Balaban J connectivity index is 1.56. The Labute approximate surface area is 213 Å². The number of unbranched alkanes of at least 4 members (excludes halogenated alkanes) is 1. The fraction of sp³-hybridized carbons (Fsp3) is 0.500. The number of carbonyl (C=O) groups is 1. The molecule has 2 atom stereocenters. The maximum atomic E-state index is 12.8. The highest BCUT2D eigenvalue weighted by Gasteiger charge is 2.45. The largest absolute Gasteiger partial charge is 0.522 e. The van der Waals surface area contributed by atoms with Crippen molar-refractivity contribution in [2.75, 3.05) is 27.1 Å². The van der Waals surface area contributed by atoms with E-state index in [1.165, 1.54) is 19.2 Å². The molecule has 0 aromatic heterocycles. The van der Waals surface area contributed by atoms with Gasteiger partial charge in [0.15, 0.2) is 17.3 Å². The van der Waals surface area contributed by atoms with Crippen LogP contribution in [0, 0.1) is 0 Å². The predicted molar refractivity (Wildman–Crippen MR) is 128 cm³/mol. The number of methoxy groups -OCH3 is 1. The van der Waals surface area contributed by atoms with Gasteiger partial charge in [0.1, 0.15) is 19.0 Å². The van der Waals surface area contributed by atoms with E-state index in [4.69, 9.17) is 30.5 Å². The van der Waals surface area contributed by atoms with Gasteiger partial charge in [0, 0.05) is 17.0 Å². The number of ether oxygens (including phenoxy) is 5. The van der Waals surface area contributed by atoms with Gasteiger partial charge < -0.3 is 18.9 Å². The number of hydrogen-bond donors (Lipinski definition) is 0. The van der Waals surface area contributed by atoms with Crippen LogP contribution in [0.2, 0.25) is 5.02 Å². The minimum absolute atomic E-state index is 0.0762. The molecular formula is C26H30ClF3O6. The van der Waals surface area contributed by atoms with Crippen molar-refractivity contribution in [2.24, 2.45) is 0 Å². The highest BCUT2D eigenvalue weighted by Crippen LogP contribution is 2.42. The molecule has 2 unspecified atom stereocenters. The number of ketones is 1. The van der Waals surface area contributed by atoms with E-state index in [2.05, 4.69) is 4.74 Å². The zero-order valence-corrected chi connectivity index (χ0v) is 21.0. The number of carbonyl (C=O) groups excluding carboxylic acids is 1. The Hall–Kier alpha value is -2.33. The molecule has 0 amide bonds. The molecule has 1 heterocycles. The molecular weight excluding hydrogens is 501 g/mol. The molecule has 1 saturated heterocycles. The summed E-state index contributed by atoms with van der Waals surface area (Å²) < 4.78 is 62.4. The summed E-state index contributed by atoms with van der Waals surface area (Å²) in [5, 5.41) is 0.627. The summed E-state index contributed by atoms with van der Waals surface area (Å²) >= 11 is 6.22. The Kier molecular flexibility index (Phi) is 10.0. The lowest BCUT2D eigenvalue weighted by Gasteiger charge is -2.33. The third-order valence-corrected chi connectivity index (χ3v) is 6.32. The van der Waals surface area contributed by atoms with Crippen molar-refractivity contribution in [3.63, 3.8) is 0 Å². The van der Waals surface area contributed by atoms with Crippen molar-refractivity contribution in [3.8, 4) is 11.5 Å². The smallest absolute Gasteiger partial charge is 0.493 e. The number of alkyl halides is 3. The fourth-order valence-electron chi connectivity index (χ4n) is 4.38. The molecule has 36 heavy (non-hydrogen) atoms. The molecule has 0 saturated carbocycles. The van der Waals surface area contributed by atoms with Crippen molar-refractivity contribution >= 4 is 17.4 Å². The van der Waals surface area contributed by atoms with E-state index in [0.717, 1.165) is 18.4 Å². The van der Waals surface area contributed by atoms with E-state index >= 15 is 0 Å². The van der Waals surface area contributed by atoms with Gasteiger partial charge >= 0.3 is 6.36 Å². The molecule has 1 fully saturated rings. The monoisotopic (exact) mass is 530 g/mol. The number of Topliss-reactive ketones (excluding diaryl/α,β-unsaturated/α-hetero) is 1. The van der Waals surface area contributed by atoms with Crippen LogP contribution in [0.25, 0.3) is 0 Å². The molecule has 0 bridgehead atoms. The Morgan fingerprint density at radius 2 is 1.94 bits per heavy atom. The molecule has 1 aliphatic rings. The van der Waals surface area contributed by atoms with Crippen molar-refractivity contribution in [1.29, 1.82) is 0 Å². The van der Waals surface area contributed by atoms with Crippen molar-refractivity contribution < 1.29 is 41.7 Å². The minimum Gasteiger partial charge on any atom is -0.493 e. The zero-order chi connectivity index (χ0) is 26.2. The minimum atomic E-state index is -4.72. The summed E-state index contributed by atoms with van der Waals surface area (Å²) in [4.78, 5) is 12.8. The van der Waals surface area contributed by atoms with Gasteiger partial charge in [-0.2, -0.15) is 0 Å². The van der Waals surface area contributed by atoms with Gasteiger partial charge in [0.25, 0.3) is 0 Å². The molecule has 1 aliphatic heterocycles. The normalized spacial score (nSPS) is 19.9. The van der Waals surface area contributed by atoms with Crippen LogP contribution in [0.5, 0.6) is 11.5 Å². The SMILES string of the molecule is CCC1OCOC1(CCCCC(=O)c1ccc(OCCOC(F)(F)F)c(OC)c1)c1cccc(Cl)c1. The second-order valence-corrected chi connectivity index (χ2v) is 8.80. The van der Waals surface area contributed by atoms with Gasteiger partial charge in [-0.15, -0.1) is 13.2 Å². The molecule has 0 radical (unpaired) electrons. The number of rotatable bonds is 13. The molecule has 6 nitrogen and oxygen atoms in total. The molecule has 198 valence electrons. The van der Waals surface area contributed by atoms with E-state index in [-0.39, 0.29) is 36.8 Å². The molecule has 10 heteroatoms. The van der Waals surface area contributed by atoms with Crippen LogP contribution >= 0.6 is 11.6 Å². The maximum absolute atomic E-state index is 12.8. The highest BCUT2D eigenvalue weighted by atomic mass is 35.5. The number of halogens is 4. The lowest BCUT2D eigenvalue weighted by Crippen LogP contribution is -2.36. The highest BCUT2D eigenvalue weighted by molar-refractivity contribution is 6.30. The average molecular weight is 531 g/mol. The first kappa shape index (κ1) is 28.2. The van der Waals surface area contributed by atoms with Gasteiger partial charge in [-0.3, -0.25) is 9.53 Å². The first-order valence-corrected chi connectivity index (χ1v) is 12.1. The van der Waals surface area contributed by atoms with E-state index < -0.39 is 18.6 Å². The van der Waals surface area contributed by atoms with Crippen LogP contribution in [0.1, 0.15) is 54.9 Å². The summed E-state index contributed by atoms with van der Waals surface area (Å²) in [5.41, 5.74) is 0.787. The fourth-order valence-corrected chi connectivity index (χ4v) is 4.57. The topological polar surface area (TPSA) is 63.2 Å². The van der Waals surface area contributed by atoms with E-state index in [1.807, 2.05) is 31.2 Å². The van der Waals surface area contributed by atoms with Crippen molar-refractivity contribution in [2.45, 2.75) is 57.1 Å². The van der Waals surface area contributed by atoms with Crippen molar-refractivity contribution in [1.82, 2.24) is 0 Å². The summed E-state index contributed by atoms with van der Waals surface area (Å²) in [7, 11) is 1.39. The summed E-state index contributed by atoms with van der Waals surface area (Å²) in [6.45, 7) is 1.28. The van der Waals surface area contributed by atoms with E-state index in [9.17, 15) is 18.0 Å². The van der Waals surface area contributed by atoms with Crippen LogP contribution < -0.4 is 9.47 Å². The van der Waals surface area contributed by atoms with E-state index in [0.29, 0.717) is 29.8 Å². The predicted octanol–water partition coefficient (Wildman–Crippen LogP) is 6.69. The molecule has 0 aliphatic carbocycles. The van der Waals surface area contributed by atoms with Gasteiger partial charge in [0.05, 0.1) is 19.8 Å². The lowest BCUT2D eigenvalue weighted by atomic mass is 9.82. The molecule has 3 rings (SSSR count). The lowest BCUT2D eigenvalue weighted by molar-refractivity contribution is -0.325. The Bertz CT molecular complexity index is 1020. The third-order valence-electron chi connectivity index (χ3n) is 6.08. The summed E-state index contributed by atoms with van der Waals surface area (Å²) in [6.07, 6.45) is -1.69. The average Bonchev–Trinajstić information content (AvgIpc) is 3.27. The van der Waals surface area contributed by atoms with Crippen LogP contribution in [0.4, 0.5) is 13.2 Å². The van der Waals surface area contributed by atoms with Crippen LogP contribution in [-0.2, 0) is 19.8 Å². The van der Waals surface area contributed by atoms with Gasteiger partial charge in [-0.25, -0.2) is 0 Å². The second kappa shape index (κ2) is 12.8. The second-order valence-electron chi connectivity index (χ2n) is 8.36. The number of hydrogen-bond acceptors (Lipinski definition) is 6. The quantitative estimate of drug-likeness (QED) is 0.212. The molecule has 0 spiro atoms. The molecule has 0 N–H and O–H groups in total. The standard InChI is InChI=1S/C26H30ClF3O6/c1-3-24-25(36-17-34-24,19-7-6-8-20(27)16-19)12-5-4-9-21(31)18-10-11-22(23(15-18)32-2)33-13-14-35-26(28,29)30/h6-8,10-11,15-16,24H,3-5,9,12-14,17H2,1-2H3. The summed E-state index contributed by atoms with van der Waals surface area (Å²) in [6, 6.07) is 12.2. The van der Waals surface area contributed by atoms with Crippen LogP contribution in [0.15, 0.2) is 42.5 Å². The molecule has 2 aromatic rings. The number of benzene rings is 2. The molecule has 2 aromatic carbocycles.